The summed E-state index contributed by atoms with van der Waals surface area (Å²) < 4.78 is 4.84. The van der Waals surface area contributed by atoms with Crippen molar-refractivity contribution in [2.75, 3.05) is 6.61 Å². The monoisotopic (exact) mass is 219 g/mol. The molecule has 0 atom stereocenters. The van der Waals surface area contributed by atoms with Gasteiger partial charge in [0.25, 0.3) is 0 Å². The molecule has 1 aromatic rings. The number of pyridine rings is 1. The lowest BCUT2D eigenvalue weighted by Gasteiger charge is -2.04. The molecule has 0 aromatic carbocycles. The molecule has 0 spiro atoms. The van der Waals surface area contributed by atoms with Gasteiger partial charge in [0.2, 0.25) is 5.78 Å². The minimum atomic E-state index is -0.525. The third-order valence-corrected chi connectivity index (χ3v) is 1.85. The Bertz CT molecular complexity index is 424. The third-order valence-electron chi connectivity index (χ3n) is 1.85. The summed E-state index contributed by atoms with van der Waals surface area (Å²) in [5, 5.41) is 0. The molecule has 0 amide bonds. The lowest BCUT2D eigenvalue weighted by atomic mass is 10.1. The molecular formula is C12H13NO3. The van der Waals surface area contributed by atoms with E-state index in [1.165, 1.54) is 18.3 Å². The summed E-state index contributed by atoms with van der Waals surface area (Å²) in [6, 6.07) is 3.13. The molecule has 0 aliphatic heterocycles. The molecule has 4 heteroatoms. The molecule has 1 rings (SSSR count). The van der Waals surface area contributed by atoms with E-state index in [0.29, 0.717) is 0 Å². The number of nitrogens with zero attached hydrogens (tertiary/aromatic N) is 1. The number of esters is 1. The van der Waals surface area contributed by atoms with Gasteiger partial charge < -0.3 is 4.74 Å². The van der Waals surface area contributed by atoms with Crippen molar-refractivity contribution < 1.29 is 14.3 Å². The fraction of sp³-hybridized carbons (Fsp3) is 0.250. The van der Waals surface area contributed by atoms with Crippen molar-refractivity contribution in [2.24, 2.45) is 0 Å². The van der Waals surface area contributed by atoms with Gasteiger partial charge in [0.1, 0.15) is 5.69 Å². The fourth-order valence-electron chi connectivity index (χ4n) is 1.21. The third kappa shape index (κ3) is 2.76. The van der Waals surface area contributed by atoms with Gasteiger partial charge in [0.05, 0.1) is 12.2 Å². The maximum absolute atomic E-state index is 11.6. The van der Waals surface area contributed by atoms with Gasteiger partial charge in [-0.05, 0) is 32.1 Å². The number of hydrogen-bond acceptors (Lipinski definition) is 4. The highest BCUT2D eigenvalue weighted by Crippen LogP contribution is 2.08. The average Bonchev–Trinajstić information content (AvgIpc) is 2.30. The number of hydrogen-bond donors (Lipinski definition) is 0. The van der Waals surface area contributed by atoms with Crippen LogP contribution in [0.5, 0.6) is 0 Å². The highest BCUT2D eigenvalue weighted by molar-refractivity contribution is 6.09. The van der Waals surface area contributed by atoms with Crippen LogP contribution >= 0.6 is 0 Å². The Kier molecular flexibility index (Phi) is 4.39. The number of rotatable bonds is 4. The van der Waals surface area contributed by atoms with E-state index in [0.717, 1.165) is 0 Å². The number of carbonyl (C=O) groups is 2. The predicted molar refractivity (Wildman–Crippen MR) is 59.3 cm³/mol. The summed E-state index contributed by atoms with van der Waals surface area (Å²) >= 11 is 0. The Morgan fingerprint density at radius 2 is 2.25 bits per heavy atom. The summed E-state index contributed by atoms with van der Waals surface area (Å²) in [5.41, 5.74) is 0.325. The molecule has 1 heterocycles. The lowest BCUT2D eigenvalue weighted by Crippen LogP contribution is -2.12. The number of ketones is 1. The Morgan fingerprint density at radius 1 is 1.50 bits per heavy atom. The van der Waals surface area contributed by atoms with Crippen molar-refractivity contribution in [1.29, 1.82) is 0 Å². The van der Waals surface area contributed by atoms with Crippen LogP contribution in [0.2, 0.25) is 0 Å². The van der Waals surface area contributed by atoms with Gasteiger partial charge in [-0.2, -0.15) is 0 Å². The summed E-state index contributed by atoms with van der Waals surface area (Å²) in [5.74, 6) is -0.824. The molecule has 0 bridgehead atoms. The Balaban J connectivity index is 3.09. The molecular weight excluding hydrogens is 206 g/mol. The van der Waals surface area contributed by atoms with Crippen molar-refractivity contribution in [1.82, 2.24) is 4.98 Å². The normalized spacial score (nSPS) is 10.4. The van der Waals surface area contributed by atoms with E-state index < -0.39 is 5.97 Å². The van der Waals surface area contributed by atoms with Gasteiger partial charge >= 0.3 is 5.97 Å². The average molecular weight is 219 g/mol. The number of carbonyl (C=O) groups excluding carboxylic acids is 2. The van der Waals surface area contributed by atoms with E-state index in [1.54, 1.807) is 26.0 Å². The molecule has 84 valence electrons. The second-order valence-corrected chi connectivity index (χ2v) is 2.98. The van der Waals surface area contributed by atoms with Gasteiger partial charge in [-0.1, -0.05) is 6.08 Å². The van der Waals surface area contributed by atoms with E-state index in [1.807, 2.05) is 0 Å². The van der Waals surface area contributed by atoms with Crippen LogP contribution in [0.25, 0.3) is 0 Å². The number of ether oxygens (including phenoxy) is 1. The van der Waals surface area contributed by atoms with Crippen molar-refractivity contribution >= 4 is 11.8 Å². The fourth-order valence-corrected chi connectivity index (χ4v) is 1.21. The van der Waals surface area contributed by atoms with Crippen LogP contribution in [0.4, 0.5) is 0 Å². The standard InChI is InChI=1S/C12H13NO3/c1-3-6-10(14)11-9(7-5-8-13-11)12(15)16-4-2/h3,5-8H,4H2,1-2H3/b6-3+. The second-order valence-electron chi connectivity index (χ2n) is 2.98. The van der Waals surface area contributed by atoms with Crippen LogP contribution in [-0.2, 0) is 4.74 Å². The zero-order valence-corrected chi connectivity index (χ0v) is 9.27. The van der Waals surface area contributed by atoms with E-state index in [2.05, 4.69) is 4.98 Å². The molecule has 1 aromatic heterocycles. The molecule has 4 nitrogen and oxygen atoms in total. The molecule has 0 saturated heterocycles. The summed E-state index contributed by atoms with van der Waals surface area (Å²) in [6.45, 7) is 3.71. The molecule has 0 radical (unpaired) electrons. The molecule has 0 saturated carbocycles. The SMILES string of the molecule is C/C=C/C(=O)c1ncccc1C(=O)OCC. The molecule has 0 aliphatic rings. The van der Waals surface area contributed by atoms with Gasteiger partial charge in [-0.25, -0.2) is 4.79 Å². The molecule has 0 fully saturated rings. The van der Waals surface area contributed by atoms with E-state index in [9.17, 15) is 9.59 Å². The maximum Gasteiger partial charge on any atom is 0.340 e. The van der Waals surface area contributed by atoms with Crippen LogP contribution in [0.1, 0.15) is 34.7 Å². The van der Waals surface area contributed by atoms with Crippen LogP contribution in [-0.4, -0.2) is 23.3 Å². The first-order chi connectivity index (χ1) is 7.70. The zero-order chi connectivity index (χ0) is 12.0. The van der Waals surface area contributed by atoms with E-state index >= 15 is 0 Å². The lowest BCUT2D eigenvalue weighted by molar-refractivity contribution is 0.0523. The van der Waals surface area contributed by atoms with Crippen molar-refractivity contribution in [2.45, 2.75) is 13.8 Å². The minimum absolute atomic E-state index is 0.124. The first-order valence-corrected chi connectivity index (χ1v) is 4.99. The topological polar surface area (TPSA) is 56.3 Å². The second kappa shape index (κ2) is 5.80. The zero-order valence-electron chi connectivity index (χ0n) is 9.27. The van der Waals surface area contributed by atoms with Gasteiger partial charge in [0.15, 0.2) is 0 Å². The van der Waals surface area contributed by atoms with Crippen molar-refractivity contribution in [3.8, 4) is 0 Å². The maximum atomic E-state index is 11.6. The highest BCUT2D eigenvalue weighted by Gasteiger charge is 2.16. The largest absolute Gasteiger partial charge is 0.462 e. The highest BCUT2D eigenvalue weighted by atomic mass is 16.5. The van der Waals surface area contributed by atoms with Crippen LogP contribution < -0.4 is 0 Å². The molecule has 16 heavy (non-hydrogen) atoms. The van der Waals surface area contributed by atoms with Gasteiger partial charge in [0, 0.05) is 6.20 Å². The van der Waals surface area contributed by atoms with Crippen LogP contribution in [0.3, 0.4) is 0 Å². The smallest absolute Gasteiger partial charge is 0.340 e. The minimum Gasteiger partial charge on any atom is -0.462 e. The molecule has 0 aliphatic carbocycles. The summed E-state index contributed by atoms with van der Waals surface area (Å²) in [7, 11) is 0. The quantitative estimate of drug-likeness (QED) is 0.441. The van der Waals surface area contributed by atoms with Gasteiger partial charge in [-0.15, -0.1) is 0 Å². The van der Waals surface area contributed by atoms with Crippen LogP contribution in [0.15, 0.2) is 30.5 Å². The Morgan fingerprint density at radius 3 is 2.88 bits per heavy atom. The number of aromatic nitrogens is 1. The molecule has 0 unspecified atom stereocenters. The summed E-state index contributed by atoms with van der Waals surface area (Å²) in [4.78, 5) is 27.1. The van der Waals surface area contributed by atoms with E-state index in [-0.39, 0.29) is 23.6 Å². The van der Waals surface area contributed by atoms with E-state index in [4.69, 9.17) is 4.74 Å². The molecule has 0 N–H and O–H groups in total. The van der Waals surface area contributed by atoms with Crippen molar-refractivity contribution in [3.63, 3.8) is 0 Å². The van der Waals surface area contributed by atoms with Crippen molar-refractivity contribution in [3.05, 3.63) is 41.7 Å². The Hall–Kier alpha value is -1.97. The number of allylic oxidation sites excluding steroid dienone is 2. The Labute approximate surface area is 94.0 Å². The summed E-state index contributed by atoms with van der Waals surface area (Å²) in [6.07, 6.45) is 4.44. The predicted octanol–water partition coefficient (Wildman–Crippen LogP) is 2.02. The first-order valence-electron chi connectivity index (χ1n) is 4.99. The van der Waals surface area contributed by atoms with Gasteiger partial charge in [-0.3, -0.25) is 9.78 Å². The van der Waals surface area contributed by atoms with Crippen LogP contribution in [0, 0.1) is 0 Å². The first kappa shape index (κ1) is 12.1.